The van der Waals surface area contributed by atoms with E-state index in [1.54, 1.807) is 23.2 Å². The summed E-state index contributed by atoms with van der Waals surface area (Å²) in [5.41, 5.74) is 3.26. The Morgan fingerprint density at radius 1 is 1.10 bits per heavy atom. The summed E-state index contributed by atoms with van der Waals surface area (Å²) in [6.45, 7) is 5.27. The Kier molecular flexibility index (Phi) is 7.44. The molecule has 2 atom stereocenters. The van der Waals surface area contributed by atoms with E-state index in [1.165, 1.54) is 25.3 Å². The van der Waals surface area contributed by atoms with Crippen molar-refractivity contribution in [3.8, 4) is 5.75 Å². The summed E-state index contributed by atoms with van der Waals surface area (Å²) in [6, 6.07) is 8.64. The number of carbonyl (C=O) groups excluding carboxylic acids is 1. The molecule has 0 spiro atoms. The summed E-state index contributed by atoms with van der Waals surface area (Å²) in [5.74, 6) is 3.10. The molecule has 1 saturated heterocycles. The van der Waals surface area contributed by atoms with Crippen molar-refractivity contribution < 1.29 is 13.9 Å². The highest BCUT2D eigenvalue weighted by Crippen LogP contribution is 2.49. The molecule has 2 fully saturated rings. The molecule has 7 nitrogen and oxygen atoms in total. The SMILES string of the molecule is Cc1cnc(N2CCC([C@H]3C[C@H]3CCOc3ccc(CC(=O)N4CCCc5ncccc54)c(F)c3)CC2)nc1. The van der Waals surface area contributed by atoms with Gasteiger partial charge in [-0.05, 0) is 92.5 Å². The van der Waals surface area contributed by atoms with Gasteiger partial charge in [-0.3, -0.25) is 9.78 Å². The lowest BCUT2D eigenvalue weighted by atomic mass is 9.90. The van der Waals surface area contributed by atoms with Crippen molar-refractivity contribution in [2.75, 3.05) is 36.0 Å². The lowest BCUT2D eigenvalue weighted by Crippen LogP contribution is -2.37. The Morgan fingerprint density at radius 3 is 2.72 bits per heavy atom. The van der Waals surface area contributed by atoms with Crippen LogP contribution in [-0.2, 0) is 17.6 Å². The van der Waals surface area contributed by atoms with E-state index in [0.29, 0.717) is 30.4 Å². The third kappa shape index (κ3) is 5.89. The molecule has 4 heterocycles. The Hall–Kier alpha value is -3.55. The number of benzene rings is 1. The topological polar surface area (TPSA) is 71.5 Å². The van der Waals surface area contributed by atoms with Crippen LogP contribution in [0.25, 0.3) is 0 Å². The normalized spacial score (nSPS) is 21.0. The summed E-state index contributed by atoms with van der Waals surface area (Å²) >= 11 is 0. The van der Waals surface area contributed by atoms with Crippen LogP contribution in [0, 0.1) is 30.5 Å². The van der Waals surface area contributed by atoms with E-state index in [0.717, 1.165) is 67.1 Å². The van der Waals surface area contributed by atoms with E-state index in [2.05, 4.69) is 19.9 Å². The van der Waals surface area contributed by atoms with Gasteiger partial charge in [-0.15, -0.1) is 0 Å². The van der Waals surface area contributed by atoms with Crippen LogP contribution >= 0.6 is 0 Å². The number of hydrogen-bond donors (Lipinski definition) is 0. The number of hydrogen-bond acceptors (Lipinski definition) is 6. The smallest absolute Gasteiger partial charge is 0.231 e. The second kappa shape index (κ2) is 11.3. The molecule has 204 valence electrons. The van der Waals surface area contributed by atoms with Gasteiger partial charge in [0.05, 0.1) is 24.4 Å². The van der Waals surface area contributed by atoms with Gasteiger partial charge in [0.25, 0.3) is 0 Å². The fraction of sp³-hybridized carbons (Fsp3) is 0.484. The maximum Gasteiger partial charge on any atom is 0.231 e. The fourth-order valence-electron chi connectivity index (χ4n) is 6.26. The minimum absolute atomic E-state index is 0.0268. The molecule has 1 aliphatic carbocycles. The second-order valence-electron chi connectivity index (χ2n) is 11.2. The number of fused-ring (bicyclic) bond motifs is 1. The average molecular weight is 530 g/mol. The number of halogens is 1. The molecule has 1 saturated carbocycles. The van der Waals surface area contributed by atoms with Crippen LogP contribution in [0.4, 0.5) is 16.0 Å². The highest BCUT2D eigenvalue weighted by atomic mass is 19.1. The van der Waals surface area contributed by atoms with Crippen molar-refractivity contribution in [2.45, 2.75) is 51.9 Å². The van der Waals surface area contributed by atoms with E-state index in [4.69, 9.17) is 4.74 Å². The van der Waals surface area contributed by atoms with Crippen molar-refractivity contribution in [1.29, 1.82) is 0 Å². The van der Waals surface area contributed by atoms with Crippen molar-refractivity contribution in [1.82, 2.24) is 15.0 Å². The van der Waals surface area contributed by atoms with Crippen LogP contribution in [0.3, 0.4) is 0 Å². The molecule has 2 aliphatic heterocycles. The van der Waals surface area contributed by atoms with Gasteiger partial charge in [-0.1, -0.05) is 6.07 Å². The highest BCUT2D eigenvalue weighted by molar-refractivity contribution is 5.95. The van der Waals surface area contributed by atoms with Crippen LogP contribution in [-0.4, -0.2) is 47.1 Å². The highest BCUT2D eigenvalue weighted by Gasteiger charge is 2.43. The maximum atomic E-state index is 14.9. The van der Waals surface area contributed by atoms with E-state index in [-0.39, 0.29) is 12.3 Å². The summed E-state index contributed by atoms with van der Waals surface area (Å²) in [4.78, 5) is 30.4. The molecule has 2 aromatic heterocycles. The number of pyridine rings is 1. The van der Waals surface area contributed by atoms with Gasteiger partial charge in [-0.2, -0.15) is 0 Å². The second-order valence-corrected chi connectivity index (χ2v) is 11.2. The van der Waals surface area contributed by atoms with Crippen molar-refractivity contribution in [2.24, 2.45) is 17.8 Å². The van der Waals surface area contributed by atoms with E-state index >= 15 is 0 Å². The minimum Gasteiger partial charge on any atom is -0.493 e. The van der Waals surface area contributed by atoms with Gasteiger partial charge >= 0.3 is 0 Å². The summed E-state index contributed by atoms with van der Waals surface area (Å²) in [5, 5.41) is 0. The molecule has 0 N–H and O–H groups in total. The zero-order valence-corrected chi connectivity index (χ0v) is 22.6. The predicted octanol–water partition coefficient (Wildman–Crippen LogP) is 5.16. The Bertz CT molecular complexity index is 1310. The van der Waals surface area contributed by atoms with Crippen LogP contribution < -0.4 is 14.5 Å². The third-order valence-electron chi connectivity index (χ3n) is 8.55. The number of nitrogens with zero attached hydrogens (tertiary/aromatic N) is 5. The molecular weight excluding hydrogens is 493 g/mol. The predicted molar refractivity (Wildman–Crippen MR) is 148 cm³/mol. The lowest BCUT2D eigenvalue weighted by molar-refractivity contribution is -0.118. The first-order chi connectivity index (χ1) is 19.0. The Morgan fingerprint density at radius 2 is 1.92 bits per heavy atom. The molecule has 3 aliphatic rings. The average Bonchev–Trinajstić information content (AvgIpc) is 3.74. The minimum atomic E-state index is -0.391. The fourth-order valence-corrected chi connectivity index (χ4v) is 6.26. The zero-order chi connectivity index (χ0) is 26.8. The van der Waals surface area contributed by atoms with Crippen molar-refractivity contribution in [3.63, 3.8) is 0 Å². The molecule has 39 heavy (non-hydrogen) atoms. The van der Waals surface area contributed by atoms with Gasteiger partial charge < -0.3 is 14.5 Å². The first-order valence-electron chi connectivity index (χ1n) is 14.2. The van der Waals surface area contributed by atoms with Gasteiger partial charge in [0.2, 0.25) is 11.9 Å². The lowest BCUT2D eigenvalue weighted by Gasteiger charge is -2.32. The molecule has 0 radical (unpaired) electrons. The number of aromatic nitrogens is 3. The van der Waals surface area contributed by atoms with Crippen LogP contribution in [0.2, 0.25) is 0 Å². The van der Waals surface area contributed by atoms with Crippen LogP contribution in [0.5, 0.6) is 5.75 Å². The molecule has 8 heteroatoms. The molecule has 1 aromatic carbocycles. The number of anilines is 2. The molecule has 1 amide bonds. The molecule has 0 unspecified atom stereocenters. The van der Waals surface area contributed by atoms with E-state index in [1.807, 2.05) is 31.5 Å². The van der Waals surface area contributed by atoms with E-state index in [9.17, 15) is 9.18 Å². The monoisotopic (exact) mass is 529 g/mol. The first-order valence-corrected chi connectivity index (χ1v) is 14.2. The van der Waals surface area contributed by atoms with Crippen LogP contribution in [0.15, 0.2) is 48.9 Å². The molecule has 0 bridgehead atoms. The number of rotatable bonds is 8. The molecular formula is C31H36FN5O2. The van der Waals surface area contributed by atoms with Gasteiger partial charge in [-0.25, -0.2) is 14.4 Å². The van der Waals surface area contributed by atoms with Crippen molar-refractivity contribution >= 4 is 17.5 Å². The Labute approximate surface area is 229 Å². The third-order valence-corrected chi connectivity index (χ3v) is 8.55. The standard InChI is InChI=1S/C31H36FN5O2/c1-21-19-34-31(35-20-21)36-13-8-22(9-14-36)26-16-23(26)10-15-39-25-7-6-24(27(32)18-25)17-30(38)37-12-3-4-28-29(37)5-2-11-33-28/h2,5-7,11,18-20,22-23,26H,3-4,8-10,12-17H2,1H3/t23-,26-/m1/s1. The largest absolute Gasteiger partial charge is 0.493 e. The number of ether oxygens (including phenoxy) is 1. The zero-order valence-electron chi connectivity index (χ0n) is 22.6. The number of carbonyl (C=O) groups is 1. The van der Waals surface area contributed by atoms with Gasteiger partial charge in [0, 0.05) is 44.3 Å². The Balaban J connectivity index is 0.943. The summed E-state index contributed by atoms with van der Waals surface area (Å²) in [6.07, 6.45) is 11.9. The van der Waals surface area contributed by atoms with Gasteiger partial charge in [0.15, 0.2) is 0 Å². The molecule has 6 rings (SSSR count). The van der Waals surface area contributed by atoms with Crippen molar-refractivity contribution in [3.05, 3.63) is 71.6 Å². The van der Waals surface area contributed by atoms with Crippen LogP contribution in [0.1, 0.15) is 48.9 Å². The van der Waals surface area contributed by atoms with Gasteiger partial charge in [0.1, 0.15) is 11.6 Å². The quantitative estimate of drug-likeness (QED) is 0.401. The maximum absolute atomic E-state index is 14.9. The summed E-state index contributed by atoms with van der Waals surface area (Å²) in [7, 11) is 0. The number of amides is 1. The number of piperidine rings is 1. The number of aryl methyl sites for hydroxylation is 2. The first kappa shape index (κ1) is 25.7. The van der Waals surface area contributed by atoms with E-state index < -0.39 is 5.82 Å². The summed E-state index contributed by atoms with van der Waals surface area (Å²) < 4.78 is 20.8. The molecule has 3 aromatic rings.